The molecule has 21 heavy (non-hydrogen) atoms. The molecule has 0 spiro atoms. The number of benzene rings is 3. The maximum atomic E-state index is 12.6. The maximum absolute atomic E-state index is 12.6. The molecule has 1 aliphatic carbocycles. The van der Waals surface area contributed by atoms with Crippen LogP contribution in [0.4, 0.5) is 0 Å². The van der Waals surface area contributed by atoms with Crippen molar-refractivity contribution in [3.8, 4) is 0 Å². The van der Waals surface area contributed by atoms with Crippen LogP contribution in [0.3, 0.4) is 0 Å². The lowest BCUT2D eigenvalue weighted by molar-refractivity contribution is 0.0973. The van der Waals surface area contributed by atoms with E-state index in [1.165, 1.54) is 21.9 Å². The van der Waals surface area contributed by atoms with Crippen LogP contribution in [-0.4, -0.2) is 5.78 Å². The van der Waals surface area contributed by atoms with Crippen molar-refractivity contribution < 1.29 is 4.79 Å². The summed E-state index contributed by atoms with van der Waals surface area (Å²) in [5.74, 6) is 0.241. The largest absolute Gasteiger partial charge is 0.293 e. The highest BCUT2D eigenvalue weighted by Gasteiger charge is 2.31. The highest BCUT2D eigenvalue weighted by atomic mass is 16.1. The van der Waals surface area contributed by atoms with Crippen molar-refractivity contribution >= 4 is 16.6 Å². The fourth-order valence-electron chi connectivity index (χ4n) is 3.39. The summed E-state index contributed by atoms with van der Waals surface area (Å²) in [4.78, 5) is 12.6. The molecule has 0 saturated heterocycles. The molecule has 0 amide bonds. The van der Waals surface area contributed by atoms with Crippen LogP contribution >= 0.6 is 0 Å². The van der Waals surface area contributed by atoms with Crippen LogP contribution in [0.1, 0.15) is 33.0 Å². The molecule has 4 rings (SSSR count). The van der Waals surface area contributed by atoms with Gasteiger partial charge in [0.25, 0.3) is 0 Å². The summed E-state index contributed by atoms with van der Waals surface area (Å²) in [6.07, 6.45) is 0.826. The Morgan fingerprint density at radius 2 is 1.81 bits per heavy atom. The van der Waals surface area contributed by atoms with E-state index in [9.17, 15) is 4.79 Å². The first-order valence-corrected chi connectivity index (χ1v) is 7.35. The smallest absolute Gasteiger partial charge is 0.170 e. The van der Waals surface area contributed by atoms with Gasteiger partial charge in [-0.05, 0) is 40.8 Å². The summed E-state index contributed by atoms with van der Waals surface area (Å²) in [6.45, 7) is 2.12. The SMILES string of the molecule is Cc1cccc2cc(C3Cc4ccccc4C3=O)ccc12. The standard InChI is InChI=1S/C20H16O/c1-13-5-4-7-14-11-16(9-10-17(13)14)19-12-15-6-2-3-8-18(15)20(19)21/h2-11,19H,12H2,1H3. The molecular formula is C20H16O. The number of carbonyl (C=O) groups is 1. The molecule has 0 aliphatic heterocycles. The number of hydrogen-bond donors (Lipinski definition) is 0. The van der Waals surface area contributed by atoms with Gasteiger partial charge in [-0.2, -0.15) is 0 Å². The predicted octanol–water partition coefficient (Wildman–Crippen LogP) is 4.67. The average molecular weight is 272 g/mol. The Balaban J connectivity index is 1.80. The number of ketones is 1. The van der Waals surface area contributed by atoms with Crippen molar-refractivity contribution in [3.05, 3.63) is 82.9 Å². The minimum Gasteiger partial charge on any atom is -0.293 e. The molecule has 0 fully saturated rings. The van der Waals surface area contributed by atoms with Crippen molar-refractivity contribution in [1.82, 2.24) is 0 Å². The second-order valence-electron chi connectivity index (χ2n) is 5.83. The summed E-state index contributed by atoms with van der Waals surface area (Å²) in [5.41, 5.74) is 4.48. The Morgan fingerprint density at radius 1 is 0.952 bits per heavy atom. The van der Waals surface area contributed by atoms with Crippen LogP contribution in [0.2, 0.25) is 0 Å². The third-order valence-electron chi connectivity index (χ3n) is 4.55. The van der Waals surface area contributed by atoms with Gasteiger partial charge in [0, 0.05) is 5.56 Å². The monoisotopic (exact) mass is 272 g/mol. The average Bonchev–Trinajstić information content (AvgIpc) is 2.85. The zero-order valence-electron chi connectivity index (χ0n) is 12.0. The molecule has 0 heterocycles. The summed E-state index contributed by atoms with van der Waals surface area (Å²) < 4.78 is 0. The topological polar surface area (TPSA) is 17.1 Å². The summed E-state index contributed by atoms with van der Waals surface area (Å²) >= 11 is 0. The second kappa shape index (κ2) is 4.56. The molecule has 1 nitrogen and oxygen atoms in total. The molecule has 102 valence electrons. The molecule has 0 radical (unpaired) electrons. The highest BCUT2D eigenvalue weighted by molar-refractivity contribution is 6.05. The van der Waals surface area contributed by atoms with E-state index in [-0.39, 0.29) is 11.7 Å². The lowest BCUT2D eigenvalue weighted by Gasteiger charge is -2.10. The number of hydrogen-bond acceptors (Lipinski definition) is 1. The Kier molecular flexibility index (Phi) is 2.68. The highest BCUT2D eigenvalue weighted by Crippen LogP contribution is 2.35. The number of aryl methyl sites for hydroxylation is 1. The zero-order valence-corrected chi connectivity index (χ0v) is 12.0. The molecule has 3 aromatic rings. The van der Waals surface area contributed by atoms with Gasteiger partial charge in [-0.1, -0.05) is 60.7 Å². The van der Waals surface area contributed by atoms with Crippen molar-refractivity contribution in [2.24, 2.45) is 0 Å². The van der Waals surface area contributed by atoms with Crippen LogP contribution in [0.5, 0.6) is 0 Å². The molecular weight excluding hydrogens is 256 g/mol. The van der Waals surface area contributed by atoms with Crippen molar-refractivity contribution in [1.29, 1.82) is 0 Å². The maximum Gasteiger partial charge on any atom is 0.170 e. The molecule has 1 atom stereocenters. The fourth-order valence-corrected chi connectivity index (χ4v) is 3.39. The van der Waals surface area contributed by atoms with E-state index in [2.05, 4.69) is 49.4 Å². The third-order valence-corrected chi connectivity index (χ3v) is 4.55. The van der Waals surface area contributed by atoms with Gasteiger partial charge in [-0.15, -0.1) is 0 Å². The van der Waals surface area contributed by atoms with E-state index in [0.717, 1.165) is 17.5 Å². The Hall–Kier alpha value is -2.41. The normalized spacial score (nSPS) is 17.2. The fraction of sp³-hybridized carbons (Fsp3) is 0.150. The van der Waals surface area contributed by atoms with Crippen LogP contribution in [0.25, 0.3) is 10.8 Å². The lowest BCUT2D eigenvalue weighted by atomic mass is 9.92. The zero-order chi connectivity index (χ0) is 14.4. The molecule has 1 unspecified atom stereocenters. The van der Waals surface area contributed by atoms with E-state index >= 15 is 0 Å². The Labute approximate surface area is 124 Å². The van der Waals surface area contributed by atoms with Gasteiger partial charge in [0.1, 0.15) is 0 Å². The number of rotatable bonds is 1. The third kappa shape index (κ3) is 1.89. The van der Waals surface area contributed by atoms with Crippen molar-refractivity contribution in [2.45, 2.75) is 19.3 Å². The van der Waals surface area contributed by atoms with Gasteiger partial charge < -0.3 is 0 Å². The molecule has 0 aromatic heterocycles. The quantitative estimate of drug-likeness (QED) is 0.629. The molecule has 1 heteroatoms. The van der Waals surface area contributed by atoms with Gasteiger partial charge in [0.05, 0.1) is 5.92 Å². The minimum absolute atomic E-state index is 0.0210. The van der Waals surface area contributed by atoms with E-state index < -0.39 is 0 Å². The first-order valence-electron chi connectivity index (χ1n) is 7.35. The first kappa shape index (κ1) is 12.3. The number of fused-ring (bicyclic) bond motifs is 2. The number of carbonyl (C=O) groups excluding carboxylic acids is 1. The predicted molar refractivity (Wildman–Crippen MR) is 85.9 cm³/mol. The van der Waals surface area contributed by atoms with Gasteiger partial charge >= 0.3 is 0 Å². The Morgan fingerprint density at radius 3 is 2.67 bits per heavy atom. The summed E-state index contributed by atoms with van der Waals surface area (Å²) in [5, 5.41) is 2.49. The minimum atomic E-state index is -0.0210. The van der Waals surface area contributed by atoms with Gasteiger partial charge in [-0.3, -0.25) is 4.79 Å². The van der Waals surface area contributed by atoms with Crippen molar-refractivity contribution in [2.75, 3.05) is 0 Å². The number of Topliss-reactive ketones (excluding diaryl/α,β-unsaturated/α-hetero) is 1. The van der Waals surface area contributed by atoms with E-state index in [0.29, 0.717) is 0 Å². The van der Waals surface area contributed by atoms with Crippen LogP contribution in [0.15, 0.2) is 60.7 Å². The molecule has 0 saturated carbocycles. The molecule has 3 aromatic carbocycles. The molecule has 1 aliphatic rings. The Bertz CT molecular complexity index is 861. The molecule has 0 bridgehead atoms. The van der Waals surface area contributed by atoms with Crippen LogP contribution in [-0.2, 0) is 6.42 Å². The summed E-state index contributed by atoms with van der Waals surface area (Å²) in [6, 6.07) is 20.7. The van der Waals surface area contributed by atoms with Crippen LogP contribution < -0.4 is 0 Å². The van der Waals surface area contributed by atoms with E-state index in [1.54, 1.807) is 0 Å². The first-order chi connectivity index (χ1) is 10.2. The van der Waals surface area contributed by atoms with Crippen molar-refractivity contribution in [3.63, 3.8) is 0 Å². The second-order valence-corrected chi connectivity index (χ2v) is 5.83. The van der Waals surface area contributed by atoms with Gasteiger partial charge in [0.15, 0.2) is 5.78 Å². The van der Waals surface area contributed by atoms with Gasteiger partial charge in [0.2, 0.25) is 0 Å². The summed E-state index contributed by atoms with van der Waals surface area (Å²) in [7, 11) is 0. The van der Waals surface area contributed by atoms with E-state index in [1.807, 2.05) is 18.2 Å². The lowest BCUT2D eigenvalue weighted by Crippen LogP contribution is -2.06. The van der Waals surface area contributed by atoms with E-state index in [4.69, 9.17) is 0 Å². The van der Waals surface area contributed by atoms with Gasteiger partial charge in [-0.25, -0.2) is 0 Å². The molecule has 0 N–H and O–H groups in total. The van der Waals surface area contributed by atoms with Crippen LogP contribution in [0, 0.1) is 6.92 Å².